The van der Waals surface area contributed by atoms with Crippen LogP contribution < -0.4 is 10.6 Å². The van der Waals surface area contributed by atoms with E-state index in [9.17, 15) is 9.59 Å². The van der Waals surface area contributed by atoms with Crippen molar-refractivity contribution in [3.63, 3.8) is 0 Å². The van der Waals surface area contributed by atoms with Gasteiger partial charge < -0.3 is 15.4 Å². The van der Waals surface area contributed by atoms with Crippen molar-refractivity contribution >= 4 is 17.6 Å². The van der Waals surface area contributed by atoms with Crippen LogP contribution in [0.5, 0.6) is 0 Å². The van der Waals surface area contributed by atoms with Crippen molar-refractivity contribution in [1.82, 2.24) is 15.1 Å². The maximum Gasteiger partial charge on any atom is 0.338 e. The molecule has 132 valence electrons. The van der Waals surface area contributed by atoms with Crippen LogP contribution in [0, 0.1) is 6.92 Å². The molecule has 25 heavy (non-hydrogen) atoms. The summed E-state index contributed by atoms with van der Waals surface area (Å²) in [6, 6.07) is 6.99. The van der Waals surface area contributed by atoms with Crippen LogP contribution >= 0.6 is 0 Å². The number of amides is 1. The molecule has 0 bridgehead atoms. The summed E-state index contributed by atoms with van der Waals surface area (Å²) >= 11 is 0. The molecule has 1 aliphatic rings. The Labute approximate surface area is 146 Å². The standard InChI is InChI=1S/C18H22N4O3/c1-13-12-14(4-5-15(13)16(23)25-2)21-17(24)18(6-9-19-10-7-18)22-11-3-8-20-22/h3-5,8,11-12,19H,6-7,9-10H2,1-2H3,(H,21,24). The Morgan fingerprint density at radius 2 is 2.08 bits per heavy atom. The van der Waals surface area contributed by atoms with Crippen molar-refractivity contribution in [3.8, 4) is 0 Å². The third kappa shape index (κ3) is 3.28. The number of piperidine rings is 1. The normalized spacial score (nSPS) is 16.2. The van der Waals surface area contributed by atoms with Crippen molar-refractivity contribution in [2.45, 2.75) is 25.3 Å². The number of carbonyl (C=O) groups excluding carboxylic acids is 2. The number of hydrogen-bond acceptors (Lipinski definition) is 5. The summed E-state index contributed by atoms with van der Waals surface area (Å²) in [4.78, 5) is 24.8. The molecule has 0 radical (unpaired) electrons. The summed E-state index contributed by atoms with van der Waals surface area (Å²) in [5.74, 6) is -0.482. The average molecular weight is 342 g/mol. The zero-order valence-electron chi connectivity index (χ0n) is 14.4. The highest BCUT2D eigenvalue weighted by atomic mass is 16.5. The molecule has 0 aliphatic carbocycles. The van der Waals surface area contributed by atoms with E-state index in [2.05, 4.69) is 15.7 Å². The summed E-state index contributed by atoms with van der Waals surface area (Å²) < 4.78 is 6.50. The molecular weight excluding hydrogens is 320 g/mol. The Balaban J connectivity index is 1.85. The van der Waals surface area contributed by atoms with E-state index >= 15 is 0 Å². The predicted molar refractivity (Wildman–Crippen MR) is 93.5 cm³/mol. The first kappa shape index (κ1) is 17.2. The molecule has 2 aromatic rings. The molecule has 1 amide bonds. The number of carbonyl (C=O) groups is 2. The van der Waals surface area contributed by atoms with E-state index < -0.39 is 5.54 Å². The van der Waals surface area contributed by atoms with Crippen LogP contribution in [0.4, 0.5) is 5.69 Å². The highest BCUT2D eigenvalue weighted by molar-refractivity contribution is 5.98. The maximum atomic E-state index is 13.1. The van der Waals surface area contributed by atoms with Gasteiger partial charge in [-0.1, -0.05) is 0 Å². The van der Waals surface area contributed by atoms with Crippen molar-refractivity contribution < 1.29 is 14.3 Å². The first-order valence-electron chi connectivity index (χ1n) is 8.28. The third-order valence-corrected chi connectivity index (χ3v) is 4.69. The number of nitrogens with one attached hydrogen (secondary N) is 2. The van der Waals surface area contributed by atoms with E-state index in [0.717, 1.165) is 18.7 Å². The SMILES string of the molecule is COC(=O)c1ccc(NC(=O)C2(n3cccn3)CCNCC2)cc1C. The Hall–Kier alpha value is -2.67. The van der Waals surface area contributed by atoms with Crippen LogP contribution in [0.1, 0.15) is 28.8 Å². The van der Waals surface area contributed by atoms with Gasteiger partial charge in [0.25, 0.3) is 5.91 Å². The zero-order valence-corrected chi connectivity index (χ0v) is 14.4. The topological polar surface area (TPSA) is 85.2 Å². The molecule has 2 N–H and O–H groups in total. The van der Waals surface area contributed by atoms with Crippen molar-refractivity contribution in [2.24, 2.45) is 0 Å². The lowest BCUT2D eigenvalue weighted by atomic mass is 9.87. The second-order valence-corrected chi connectivity index (χ2v) is 6.21. The number of rotatable bonds is 4. The van der Waals surface area contributed by atoms with E-state index in [1.807, 2.05) is 19.2 Å². The molecule has 1 aromatic carbocycles. The van der Waals surface area contributed by atoms with Gasteiger partial charge in [-0.15, -0.1) is 0 Å². The molecule has 3 rings (SSSR count). The van der Waals surface area contributed by atoms with E-state index in [-0.39, 0.29) is 11.9 Å². The number of aryl methyl sites for hydroxylation is 1. The molecule has 2 heterocycles. The fourth-order valence-corrected chi connectivity index (χ4v) is 3.25. The minimum Gasteiger partial charge on any atom is -0.465 e. The van der Waals surface area contributed by atoms with Gasteiger partial charge in [-0.25, -0.2) is 4.79 Å². The van der Waals surface area contributed by atoms with Gasteiger partial charge in [0, 0.05) is 18.1 Å². The molecule has 1 fully saturated rings. The number of esters is 1. The lowest BCUT2D eigenvalue weighted by molar-refractivity contribution is -0.126. The molecule has 0 saturated carbocycles. The fourth-order valence-electron chi connectivity index (χ4n) is 3.25. The van der Waals surface area contributed by atoms with Crippen molar-refractivity contribution in [1.29, 1.82) is 0 Å². The van der Waals surface area contributed by atoms with Crippen molar-refractivity contribution in [2.75, 3.05) is 25.5 Å². The highest BCUT2D eigenvalue weighted by Crippen LogP contribution is 2.29. The number of methoxy groups -OCH3 is 1. The summed E-state index contributed by atoms with van der Waals surface area (Å²) in [6.45, 7) is 3.33. The monoisotopic (exact) mass is 342 g/mol. The lowest BCUT2D eigenvalue weighted by Crippen LogP contribution is -2.52. The number of ether oxygens (including phenoxy) is 1. The lowest BCUT2D eigenvalue weighted by Gasteiger charge is -2.36. The molecule has 7 nitrogen and oxygen atoms in total. The second kappa shape index (κ2) is 7.06. The van der Waals surface area contributed by atoms with E-state index in [1.165, 1.54) is 7.11 Å². The Kier molecular flexibility index (Phi) is 4.85. The number of hydrogen-bond donors (Lipinski definition) is 2. The molecule has 1 saturated heterocycles. The van der Waals surface area contributed by atoms with Crippen LogP contribution in [-0.2, 0) is 15.1 Å². The number of benzene rings is 1. The molecule has 0 spiro atoms. The van der Waals surface area contributed by atoms with Gasteiger partial charge >= 0.3 is 5.97 Å². The highest BCUT2D eigenvalue weighted by Gasteiger charge is 2.42. The maximum absolute atomic E-state index is 13.1. The number of anilines is 1. The minimum absolute atomic E-state index is 0.0945. The predicted octanol–water partition coefficient (Wildman–Crippen LogP) is 1.70. The Bertz CT molecular complexity index is 765. The summed E-state index contributed by atoms with van der Waals surface area (Å²) in [5, 5.41) is 10.6. The Morgan fingerprint density at radius 1 is 1.32 bits per heavy atom. The first-order chi connectivity index (χ1) is 12.1. The van der Waals surface area contributed by atoms with Crippen LogP contribution in [0.3, 0.4) is 0 Å². The summed E-state index contributed by atoms with van der Waals surface area (Å²) in [6.07, 6.45) is 4.85. The smallest absolute Gasteiger partial charge is 0.338 e. The summed E-state index contributed by atoms with van der Waals surface area (Å²) in [5.41, 5.74) is 1.19. The summed E-state index contributed by atoms with van der Waals surface area (Å²) in [7, 11) is 1.35. The fraction of sp³-hybridized carbons (Fsp3) is 0.389. The molecule has 7 heteroatoms. The van der Waals surface area contributed by atoms with Gasteiger partial charge in [-0.2, -0.15) is 5.10 Å². The number of aromatic nitrogens is 2. The zero-order chi connectivity index (χ0) is 17.9. The van der Waals surface area contributed by atoms with E-state index in [1.54, 1.807) is 29.1 Å². The van der Waals surface area contributed by atoms with Crippen LogP contribution in [0.25, 0.3) is 0 Å². The van der Waals surface area contributed by atoms with Gasteiger partial charge in [0.05, 0.1) is 12.7 Å². The van der Waals surface area contributed by atoms with Gasteiger partial charge in [-0.05, 0) is 62.7 Å². The largest absolute Gasteiger partial charge is 0.465 e. The Morgan fingerprint density at radius 3 is 2.68 bits per heavy atom. The quantitative estimate of drug-likeness (QED) is 0.826. The molecule has 1 aromatic heterocycles. The van der Waals surface area contributed by atoms with Gasteiger partial charge in [-0.3, -0.25) is 9.48 Å². The number of nitrogens with zero attached hydrogens (tertiary/aromatic N) is 2. The third-order valence-electron chi connectivity index (χ3n) is 4.69. The molecular formula is C18H22N4O3. The molecule has 0 atom stereocenters. The molecule has 1 aliphatic heterocycles. The second-order valence-electron chi connectivity index (χ2n) is 6.21. The van der Waals surface area contributed by atoms with Crippen molar-refractivity contribution in [3.05, 3.63) is 47.8 Å². The average Bonchev–Trinajstić information content (AvgIpc) is 3.17. The minimum atomic E-state index is -0.705. The van der Waals surface area contributed by atoms with Crippen LogP contribution in [0.15, 0.2) is 36.7 Å². The van der Waals surface area contributed by atoms with E-state index in [4.69, 9.17) is 4.74 Å². The molecule has 0 unspecified atom stereocenters. The van der Waals surface area contributed by atoms with Gasteiger partial charge in [0.1, 0.15) is 5.54 Å². The van der Waals surface area contributed by atoms with E-state index in [0.29, 0.717) is 24.1 Å². The van der Waals surface area contributed by atoms with Crippen LogP contribution in [0.2, 0.25) is 0 Å². The van der Waals surface area contributed by atoms with Gasteiger partial charge in [0.2, 0.25) is 0 Å². The van der Waals surface area contributed by atoms with Crippen LogP contribution in [-0.4, -0.2) is 41.9 Å². The van der Waals surface area contributed by atoms with Gasteiger partial charge in [0.15, 0.2) is 0 Å². The first-order valence-corrected chi connectivity index (χ1v) is 8.28.